The van der Waals surface area contributed by atoms with Crippen molar-refractivity contribution in [2.75, 3.05) is 30.5 Å². The summed E-state index contributed by atoms with van der Waals surface area (Å²) in [6.07, 6.45) is 4.49. The van der Waals surface area contributed by atoms with Crippen LogP contribution in [0.5, 0.6) is 0 Å². The molecule has 1 rings (SSSR count). The number of benzene rings is 1. The summed E-state index contributed by atoms with van der Waals surface area (Å²) in [4.78, 5) is 2.31. The van der Waals surface area contributed by atoms with E-state index in [9.17, 15) is 0 Å². The van der Waals surface area contributed by atoms with Crippen LogP contribution in [0.25, 0.3) is 0 Å². The Hall–Kier alpha value is -0.380. The molecule has 0 amide bonds. The quantitative estimate of drug-likeness (QED) is 0.679. The molecule has 0 aromatic heterocycles. The minimum atomic E-state index is 0.530. The van der Waals surface area contributed by atoms with Gasteiger partial charge in [-0.1, -0.05) is 24.6 Å². The molecule has 0 aliphatic carbocycles. The molecule has 0 aliphatic heterocycles. The number of hydrogen-bond donors (Lipinski definition) is 1. The van der Waals surface area contributed by atoms with Crippen LogP contribution in [0, 0.1) is 0 Å². The number of hydrogen-bond acceptors (Lipinski definition) is 3. The van der Waals surface area contributed by atoms with Gasteiger partial charge in [0.15, 0.2) is 0 Å². The summed E-state index contributed by atoms with van der Waals surface area (Å²) in [6.45, 7) is 6.31. The van der Waals surface area contributed by atoms with Crippen molar-refractivity contribution >= 4 is 29.1 Å². The van der Waals surface area contributed by atoms with E-state index in [2.05, 4.69) is 55.6 Å². The van der Waals surface area contributed by atoms with Crippen LogP contribution in [0.3, 0.4) is 0 Å². The standard InChI is InChI=1S/C16H27ClN2S/c1-5-9-18-12-14-6-7-15(11-16(14)17)19(3)13(2)8-10-20-4/h6-7,11,13,18H,5,8-10,12H2,1-4H3. The number of nitrogens with zero attached hydrogens (tertiary/aromatic N) is 1. The van der Waals surface area contributed by atoms with E-state index in [0.29, 0.717) is 6.04 Å². The lowest BCUT2D eigenvalue weighted by atomic mass is 10.1. The summed E-state index contributed by atoms with van der Waals surface area (Å²) in [5.74, 6) is 1.19. The molecular formula is C16H27ClN2S. The van der Waals surface area contributed by atoms with E-state index in [4.69, 9.17) is 11.6 Å². The molecule has 0 bridgehead atoms. The molecule has 2 nitrogen and oxygen atoms in total. The Bertz CT molecular complexity index is 398. The van der Waals surface area contributed by atoms with Gasteiger partial charge >= 0.3 is 0 Å². The van der Waals surface area contributed by atoms with Crippen molar-refractivity contribution < 1.29 is 0 Å². The van der Waals surface area contributed by atoms with Crippen molar-refractivity contribution in [3.8, 4) is 0 Å². The molecule has 1 unspecified atom stereocenters. The largest absolute Gasteiger partial charge is 0.372 e. The second kappa shape index (κ2) is 9.54. The summed E-state index contributed by atoms with van der Waals surface area (Å²) >= 11 is 8.29. The van der Waals surface area contributed by atoms with Crippen molar-refractivity contribution in [2.45, 2.75) is 39.3 Å². The van der Waals surface area contributed by atoms with Gasteiger partial charge in [-0.15, -0.1) is 0 Å². The molecule has 1 aromatic rings. The molecule has 1 aromatic carbocycles. The van der Waals surface area contributed by atoms with Gasteiger partial charge in [0.1, 0.15) is 0 Å². The van der Waals surface area contributed by atoms with Crippen molar-refractivity contribution in [2.24, 2.45) is 0 Å². The summed E-state index contributed by atoms with van der Waals surface area (Å²) in [6, 6.07) is 6.92. The molecule has 20 heavy (non-hydrogen) atoms. The summed E-state index contributed by atoms with van der Waals surface area (Å²) < 4.78 is 0. The normalized spacial score (nSPS) is 12.4. The minimum absolute atomic E-state index is 0.530. The van der Waals surface area contributed by atoms with E-state index in [1.54, 1.807) is 0 Å². The molecule has 114 valence electrons. The summed E-state index contributed by atoms with van der Waals surface area (Å²) in [7, 11) is 2.14. The zero-order valence-corrected chi connectivity index (χ0v) is 14.7. The van der Waals surface area contributed by atoms with Crippen LogP contribution in [0.15, 0.2) is 18.2 Å². The van der Waals surface area contributed by atoms with Gasteiger partial charge in [0.2, 0.25) is 0 Å². The van der Waals surface area contributed by atoms with E-state index >= 15 is 0 Å². The molecule has 0 aliphatic rings. The Balaban J connectivity index is 2.65. The van der Waals surface area contributed by atoms with Gasteiger partial charge in [0.25, 0.3) is 0 Å². The molecule has 0 fully saturated rings. The first-order valence-electron chi connectivity index (χ1n) is 7.31. The van der Waals surface area contributed by atoms with Crippen molar-refractivity contribution in [1.29, 1.82) is 0 Å². The topological polar surface area (TPSA) is 15.3 Å². The van der Waals surface area contributed by atoms with Crippen LogP contribution in [-0.2, 0) is 6.54 Å². The molecule has 4 heteroatoms. The van der Waals surface area contributed by atoms with Gasteiger partial charge in [0.05, 0.1) is 0 Å². The maximum absolute atomic E-state index is 6.39. The third-order valence-corrected chi connectivity index (χ3v) is 4.58. The van der Waals surface area contributed by atoms with Crippen molar-refractivity contribution in [1.82, 2.24) is 5.32 Å². The lowest BCUT2D eigenvalue weighted by molar-refractivity contribution is 0.666. The fourth-order valence-corrected chi connectivity index (χ4v) is 2.85. The second-order valence-electron chi connectivity index (χ2n) is 5.19. The second-order valence-corrected chi connectivity index (χ2v) is 6.59. The highest BCUT2D eigenvalue weighted by Gasteiger charge is 2.11. The smallest absolute Gasteiger partial charge is 0.0471 e. The molecule has 0 saturated carbocycles. The van der Waals surface area contributed by atoms with E-state index in [1.165, 1.54) is 23.4 Å². The number of nitrogens with one attached hydrogen (secondary N) is 1. The highest BCUT2D eigenvalue weighted by atomic mass is 35.5. The summed E-state index contributed by atoms with van der Waals surface area (Å²) in [5.41, 5.74) is 2.37. The van der Waals surface area contributed by atoms with Gasteiger partial charge in [0, 0.05) is 30.3 Å². The van der Waals surface area contributed by atoms with Crippen LogP contribution in [0.4, 0.5) is 5.69 Å². The average Bonchev–Trinajstić information content (AvgIpc) is 2.45. The number of halogens is 1. The molecule has 0 radical (unpaired) electrons. The van der Waals surface area contributed by atoms with E-state index in [0.717, 1.165) is 24.5 Å². The Morgan fingerprint density at radius 3 is 2.75 bits per heavy atom. The lowest BCUT2D eigenvalue weighted by Gasteiger charge is -2.27. The number of thioether (sulfide) groups is 1. The van der Waals surface area contributed by atoms with Gasteiger partial charge in [-0.05, 0) is 56.0 Å². The molecule has 0 spiro atoms. The predicted molar refractivity (Wildman–Crippen MR) is 94.3 cm³/mol. The third kappa shape index (κ3) is 5.55. The summed E-state index contributed by atoms with van der Waals surface area (Å²) in [5, 5.41) is 4.25. The van der Waals surface area contributed by atoms with Crippen LogP contribution in [0.1, 0.15) is 32.3 Å². The Kier molecular flexibility index (Phi) is 8.43. The van der Waals surface area contributed by atoms with Crippen LogP contribution >= 0.6 is 23.4 Å². The van der Waals surface area contributed by atoms with E-state index < -0.39 is 0 Å². The highest BCUT2D eigenvalue weighted by molar-refractivity contribution is 7.98. The maximum Gasteiger partial charge on any atom is 0.0471 e. The first-order chi connectivity index (χ1) is 9.60. The average molecular weight is 315 g/mol. The SMILES string of the molecule is CCCNCc1ccc(N(C)C(C)CCSC)cc1Cl. The Morgan fingerprint density at radius 2 is 2.15 bits per heavy atom. The fourth-order valence-electron chi connectivity index (χ4n) is 2.04. The Labute approximate surface area is 133 Å². The van der Waals surface area contributed by atoms with Gasteiger partial charge in [-0.2, -0.15) is 11.8 Å². The van der Waals surface area contributed by atoms with Crippen LogP contribution in [0.2, 0.25) is 5.02 Å². The first-order valence-corrected chi connectivity index (χ1v) is 9.08. The zero-order chi connectivity index (χ0) is 15.0. The van der Waals surface area contributed by atoms with Crippen molar-refractivity contribution in [3.63, 3.8) is 0 Å². The van der Waals surface area contributed by atoms with Gasteiger partial charge in [-0.3, -0.25) is 0 Å². The molecule has 1 N–H and O–H groups in total. The predicted octanol–water partition coefficient (Wildman–Crippen LogP) is 4.42. The van der Waals surface area contributed by atoms with E-state index in [1.807, 2.05) is 11.8 Å². The van der Waals surface area contributed by atoms with Crippen LogP contribution in [-0.4, -0.2) is 31.6 Å². The van der Waals surface area contributed by atoms with E-state index in [-0.39, 0.29) is 0 Å². The van der Waals surface area contributed by atoms with Gasteiger partial charge in [-0.25, -0.2) is 0 Å². The zero-order valence-electron chi connectivity index (χ0n) is 13.1. The molecule has 0 heterocycles. The fraction of sp³-hybridized carbons (Fsp3) is 0.625. The maximum atomic E-state index is 6.39. The molecular weight excluding hydrogens is 288 g/mol. The molecule has 0 saturated heterocycles. The van der Waals surface area contributed by atoms with Crippen LogP contribution < -0.4 is 10.2 Å². The Morgan fingerprint density at radius 1 is 1.40 bits per heavy atom. The van der Waals surface area contributed by atoms with Crippen molar-refractivity contribution in [3.05, 3.63) is 28.8 Å². The number of rotatable bonds is 9. The third-order valence-electron chi connectivity index (χ3n) is 3.59. The minimum Gasteiger partial charge on any atom is -0.372 e. The lowest BCUT2D eigenvalue weighted by Crippen LogP contribution is -2.29. The first kappa shape index (κ1) is 17.7. The monoisotopic (exact) mass is 314 g/mol. The number of anilines is 1. The molecule has 1 atom stereocenters. The van der Waals surface area contributed by atoms with Gasteiger partial charge < -0.3 is 10.2 Å². The highest BCUT2D eigenvalue weighted by Crippen LogP contribution is 2.25.